The first-order chi connectivity index (χ1) is 10.9. The molecular formula is C16H22N2O3S2. The first-order valence-electron chi connectivity index (χ1n) is 7.84. The lowest BCUT2D eigenvalue weighted by Crippen LogP contribution is -2.34. The molecular weight excluding hydrogens is 332 g/mol. The summed E-state index contributed by atoms with van der Waals surface area (Å²) in [6, 6.07) is 0. The minimum atomic E-state index is -0.328. The van der Waals surface area contributed by atoms with Crippen molar-refractivity contribution in [3.05, 3.63) is 16.0 Å². The Labute approximate surface area is 145 Å². The summed E-state index contributed by atoms with van der Waals surface area (Å²) in [5, 5.41) is 6.55. The molecule has 1 aliphatic rings. The standard InChI is InChI=1S/C16H22N2O3S2/c1-4-21-15(20)13-10-6-5-7-11(10)23-14(13)18-16(22)17-12(19)8-9(2)3/h9H,4-8H2,1-3H3,(H2,17,18,19,22). The normalized spacial score (nSPS) is 12.9. The van der Waals surface area contributed by atoms with Gasteiger partial charge in [-0.15, -0.1) is 11.3 Å². The van der Waals surface area contributed by atoms with Crippen molar-refractivity contribution >= 4 is 45.5 Å². The van der Waals surface area contributed by atoms with Crippen LogP contribution in [0.2, 0.25) is 0 Å². The number of hydrogen-bond acceptors (Lipinski definition) is 5. The number of rotatable bonds is 5. The molecule has 7 heteroatoms. The molecule has 1 aromatic heterocycles. The zero-order chi connectivity index (χ0) is 17.0. The minimum absolute atomic E-state index is 0.126. The number of thiophene rings is 1. The van der Waals surface area contributed by atoms with Gasteiger partial charge >= 0.3 is 5.97 Å². The predicted molar refractivity (Wildman–Crippen MR) is 96.1 cm³/mol. The smallest absolute Gasteiger partial charge is 0.341 e. The largest absolute Gasteiger partial charge is 0.462 e. The third kappa shape index (κ3) is 4.51. The quantitative estimate of drug-likeness (QED) is 0.627. The first kappa shape index (κ1) is 17.9. The van der Waals surface area contributed by atoms with Gasteiger partial charge in [-0.3, -0.25) is 4.79 Å². The SMILES string of the molecule is CCOC(=O)c1c(NC(=S)NC(=O)CC(C)C)sc2c1CCC2. The monoisotopic (exact) mass is 354 g/mol. The highest BCUT2D eigenvalue weighted by molar-refractivity contribution is 7.80. The molecule has 23 heavy (non-hydrogen) atoms. The molecule has 1 heterocycles. The molecule has 0 spiro atoms. The van der Waals surface area contributed by atoms with E-state index in [0.717, 1.165) is 24.8 Å². The molecule has 0 bridgehead atoms. The highest BCUT2D eigenvalue weighted by Crippen LogP contribution is 2.39. The Kier molecular flexibility index (Phi) is 6.12. The van der Waals surface area contributed by atoms with Crippen LogP contribution in [0, 0.1) is 5.92 Å². The lowest BCUT2D eigenvalue weighted by molar-refractivity contribution is -0.120. The lowest BCUT2D eigenvalue weighted by Gasteiger charge is -2.11. The van der Waals surface area contributed by atoms with Gasteiger partial charge in [0.25, 0.3) is 0 Å². The van der Waals surface area contributed by atoms with E-state index in [1.807, 2.05) is 13.8 Å². The maximum atomic E-state index is 12.2. The van der Waals surface area contributed by atoms with Gasteiger partial charge in [0, 0.05) is 11.3 Å². The van der Waals surface area contributed by atoms with E-state index < -0.39 is 0 Å². The molecule has 0 saturated carbocycles. The molecule has 2 rings (SSSR count). The number of ether oxygens (including phenoxy) is 1. The highest BCUT2D eigenvalue weighted by atomic mass is 32.1. The van der Waals surface area contributed by atoms with Crippen molar-refractivity contribution in [2.24, 2.45) is 5.92 Å². The zero-order valence-electron chi connectivity index (χ0n) is 13.7. The topological polar surface area (TPSA) is 67.4 Å². The summed E-state index contributed by atoms with van der Waals surface area (Å²) in [7, 11) is 0. The number of nitrogens with one attached hydrogen (secondary N) is 2. The van der Waals surface area contributed by atoms with Gasteiger partial charge in [0.2, 0.25) is 5.91 Å². The zero-order valence-corrected chi connectivity index (χ0v) is 15.3. The molecule has 1 aromatic rings. The Morgan fingerprint density at radius 2 is 2.09 bits per heavy atom. The van der Waals surface area contributed by atoms with Gasteiger partial charge in [-0.1, -0.05) is 13.8 Å². The van der Waals surface area contributed by atoms with Gasteiger partial charge in [-0.05, 0) is 49.9 Å². The van der Waals surface area contributed by atoms with E-state index >= 15 is 0 Å². The van der Waals surface area contributed by atoms with Crippen LogP contribution < -0.4 is 10.6 Å². The summed E-state index contributed by atoms with van der Waals surface area (Å²) >= 11 is 6.72. The van der Waals surface area contributed by atoms with E-state index in [1.54, 1.807) is 6.92 Å². The van der Waals surface area contributed by atoms with Crippen LogP contribution in [-0.4, -0.2) is 23.6 Å². The molecule has 5 nitrogen and oxygen atoms in total. The van der Waals surface area contributed by atoms with E-state index in [1.165, 1.54) is 16.2 Å². The van der Waals surface area contributed by atoms with Crippen molar-refractivity contribution in [1.82, 2.24) is 5.32 Å². The van der Waals surface area contributed by atoms with Gasteiger partial charge in [0.1, 0.15) is 5.00 Å². The molecule has 0 aliphatic heterocycles. The van der Waals surface area contributed by atoms with Gasteiger partial charge in [-0.2, -0.15) is 0 Å². The average molecular weight is 354 g/mol. The van der Waals surface area contributed by atoms with Gasteiger partial charge in [0.15, 0.2) is 5.11 Å². The molecule has 2 N–H and O–H groups in total. The second-order valence-electron chi connectivity index (χ2n) is 5.88. The number of fused-ring (bicyclic) bond motifs is 1. The van der Waals surface area contributed by atoms with Crippen molar-refractivity contribution < 1.29 is 14.3 Å². The van der Waals surface area contributed by atoms with Crippen LogP contribution in [0.3, 0.4) is 0 Å². The van der Waals surface area contributed by atoms with Gasteiger partial charge < -0.3 is 15.4 Å². The molecule has 1 aliphatic carbocycles. The van der Waals surface area contributed by atoms with Crippen molar-refractivity contribution in [2.75, 3.05) is 11.9 Å². The molecule has 0 radical (unpaired) electrons. The molecule has 0 fully saturated rings. The van der Waals surface area contributed by atoms with Gasteiger partial charge in [-0.25, -0.2) is 4.79 Å². The summed E-state index contributed by atoms with van der Waals surface area (Å²) in [4.78, 5) is 25.2. The number of esters is 1. The Morgan fingerprint density at radius 3 is 2.74 bits per heavy atom. The van der Waals surface area contributed by atoms with Crippen molar-refractivity contribution in [2.45, 2.75) is 46.5 Å². The number of amides is 1. The van der Waals surface area contributed by atoms with Crippen LogP contribution in [0.25, 0.3) is 0 Å². The Bertz CT molecular complexity index is 623. The average Bonchev–Trinajstić information content (AvgIpc) is 2.97. The fourth-order valence-corrected chi connectivity index (χ4v) is 4.16. The van der Waals surface area contributed by atoms with Crippen molar-refractivity contribution in [1.29, 1.82) is 0 Å². The molecule has 1 amide bonds. The van der Waals surface area contributed by atoms with Crippen molar-refractivity contribution in [3.63, 3.8) is 0 Å². The second-order valence-corrected chi connectivity index (χ2v) is 7.40. The van der Waals surface area contributed by atoms with Crippen LogP contribution in [0.1, 0.15) is 54.4 Å². The summed E-state index contributed by atoms with van der Waals surface area (Å²) in [6.45, 7) is 6.06. The molecule has 0 aromatic carbocycles. The van der Waals surface area contributed by atoms with E-state index in [2.05, 4.69) is 10.6 Å². The summed E-state index contributed by atoms with van der Waals surface area (Å²) < 4.78 is 5.16. The first-order valence-corrected chi connectivity index (χ1v) is 9.07. The number of anilines is 1. The fourth-order valence-electron chi connectivity index (χ4n) is 2.59. The molecule has 0 atom stereocenters. The lowest BCUT2D eigenvalue weighted by atomic mass is 10.1. The van der Waals surface area contributed by atoms with Crippen LogP contribution in [-0.2, 0) is 22.4 Å². The third-order valence-electron chi connectivity index (χ3n) is 3.47. The van der Waals surface area contributed by atoms with Crippen LogP contribution in [0.4, 0.5) is 5.00 Å². The number of carbonyl (C=O) groups is 2. The molecule has 0 saturated heterocycles. The maximum Gasteiger partial charge on any atom is 0.341 e. The Hall–Kier alpha value is -1.47. The third-order valence-corrected chi connectivity index (χ3v) is 4.89. The number of thiocarbonyl (C=S) groups is 1. The molecule has 126 valence electrons. The number of hydrogen-bond donors (Lipinski definition) is 2. The van der Waals surface area contributed by atoms with E-state index in [-0.39, 0.29) is 22.9 Å². The number of carbonyl (C=O) groups excluding carboxylic acids is 2. The summed E-state index contributed by atoms with van der Waals surface area (Å²) in [6.07, 6.45) is 3.33. The minimum Gasteiger partial charge on any atom is -0.462 e. The van der Waals surface area contributed by atoms with Crippen LogP contribution in [0.15, 0.2) is 0 Å². The van der Waals surface area contributed by atoms with Gasteiger partial charge in [0.05, 0.1) is 12.2 Å². The Balaban J connectivity index is 2.12. The Morgan fingerprint density at radius 1 is 1.35 bits per heavy atom. The van der Waals surface area contributed by atoms with E-state index in [4.69, 9.17) is 17.0 Å². The molecule has 0 unspecified atom stereocenters. The highest BCUT2D eigenvalue weighted by Gasteiger charge is 2.28. The summed E-state index contributed by atoms with van der Waals surface area (Å²) in [5.74, 6) is -0.191. The predicted octanol–water partition coefficient (Wildman–Crippen LogP) is 3.27. The van der Waals surface area contributed by atoms with E-state index in [9.17, 15) is 9.59 Å². The maximum absolute atomic E-state index is 12.2. The fraction of sp³-hybridized carbons (Fsp3) is 0.562. The van der Waals surface area contributed by atoms with Crippen LogP contribution >= 0.6 is 23.6 Å². The van der Waals surface area contributed by atoms with E-state index in [0.29, 0.717) is 23.6 Å². The second kappa shape index (κ2) is 7.88. The summed E-state index contributed by atoms with van der Waals surface area (Å²) in [5.41, 5.74) is 1.64. The van der Waals surface area contributed by atoms with Crippen LogP contribution in [0.5, 0.6) is 0 Å². The number of aryl methyl sites for hydroxylation is 1. The van der Waals surface area contributed by atoms with Crippen molar-refractivity contribution in [3.8, 4) is 0 Å².